The molecule has 1 spiro atoms. The molecule has 3 N–H and O–H groups in total. The summed E-state index contributed by atoms with van der Waals surface area (Å²) in [4.78, 5) is 18.2. The van der Waals surface area contributed by atoms with E-state index in [-0.39, 0.29) is 18.6 Å². The first-order valence-electron chi connectivity index (χ1n) is 12.7. The van der Waals surface area contributed by atoms with Crippen LogP contribution in [0.3, 0.4) is 0 Å². The molecule has 3 aliphatic rings. The van der Waals surface area contributed by atoms with Gasteiger partial charge < -0.3 is 29.7 Å². The van der Waals surface area contributed by atoms with E-state index in [0.29, 0.717) is 16.7 Å². The second-order valence-corrected chi connectivity index (χ2v) is 10.9. The number of amides is 1. The Morgan fingerprint density at radius 1 is 1.09 bits per heavy atom. The lowest BCUT2D eigenvalue weighted by Gasteiger charge is -2.35. The minimum atomic E-state index is -0.0891. The molecule has 2 aliphatic heterocycles. The van der Waals surface area contributed by atoms with Crippen molar-refractivity contribution in [3.63, 3.8) is 0 Å². The quantitative estimate of drug-likeness (QED) is 0.364. The molecular weight excluding hydrogens is 460 g/mol. The molecule has 2 heterocycles. The molecule has 2 saturated heterocycles. The molecule has 8 heteroatoms. The van der Waals surface area contributed by atoms with Crippen molar-refractivity contribution >= 4 is 40.6 Å². The van der Waals surface area contributed by atoms with Gasteiger partial charge >= 0.3 is 0 Å². The zero-order valence-electron chi connectivity index (χ0n) is 20.5. The van der Waals surface area contributed by atoms with Crippen molar-refractivity contribution in [1.29, 1.82) is 0 Å². The van der Waals surface area contributed by atoms with E-state index < -0.39 is 0 Å². The minimum absolute atomic E-state index is 0.0891. The molecule has 1 atom stereocenters. The molecule has 2 aromatic rings. The maximum atomic E-state index is 13.5. The van der Waals surface area contributed by atoms with Gasteiger partial charge in [0, 0.05) is 49.0 Å². The highest BCUT2D eigenvalue weighted by molar-refractivity contribution is 8.00. The number of anilines is 4. The number of benzene rings is 2. The highest BCUT2D eigenvalue weighted by Gasteiger charge is 2.44. The van der Waals surface area contributed by atoms with E-state index in [9.17, 15) is 4.79 Å². The molecule has 3 fully saturated rings. The van der Waals surface area contributed by atoms with Crippen LogP contribution in [0.25, 0.3) is 0 Å². The van der Waals surface area contributed by atoms with E-state index in [4.69, 9.17) is 9.84 Å². The molecule has 5 rings (SSSR count). The molecule has 0 unspecified atom stereocenters. The summed E-state index contributed by atoms with van der Waals surface area (Å²) in [7, 11) is 0. The van der Waals surface area contributed by atoms with Crippen LogP contribution < -0.4 is 19.8 Å². The summed E-state index contributed by atoms with van der Waals surface area (Å²) < 4.78 is 8.97. The number of morpholine rings is 1. The van der Waals surface area contributed by atoms with Crippen molar-refractivity contribution < 1.29 is 14.6 Å². The second kappa shape index (κ2) is 10.7. The maximum absolute atomic E-state index is 13.5. The van der Waals surface area contributed by atoms with Crippen LogP contribution in [-0.2, 0) is 4.74 Å². The average Bonchev–Trinajstić information content (AvgIpc) is 3.63. The number of carbonyl (C=O) groups is 1. The summed E-state index contributed by atoms with van der Waals surface area (Å²) in [6.07, 6.45) is 5.31. The number of aliphatic hydroxyl groups excluding tert-OH is 1. The fourth-order valence-corrected chi connectivity index (χ4v) is 5.65. The average molecular weight is 497 g/mol. The SMILES string of the molecule is C[C@@H]1CN(c2cccc(NC(=O)c3ccc(NSCCO)cc3N3CCC4(CC3)CC4)c2)CCO1. The lowest BCUT2D eigenvalue weighted by molar-refractivity contribution is 0.0532. The van der Waals surface area contributed by atoms with Gasteiger partial charge in [0.05, 0.1) is 30.6 Å². The van der Waals surface area contributed by atoms with Crippen molar-refractivity contribution in [3.8, 4) is 0 Å². The van der Waals surface area contributed by atoms with Crippen LogP contribution in [0.5, 0.6) is 0 Å². The number of piperidine rings is 1. The van der Waals surface area contributed by atoms with E-state index >= 15 is 0 Å². The molecule has 35 heavy (non-hydrogen) atoms. The van der Waals surface area contributed by atoms with Gasteiger partial charge in [0.15, 0.2) is 0 Å². The smallest absolute Gasteiger partial charge is 0.257 e. The maximum Gasteiger partial charge on any atom is 0.257 e. The fraction of sp³-hybridized carbons (Fsp3) is 0.519. The van der Waals surface area contributed by atoms with Crippen LogP contribution in [0.1, 0.15) is 43.0 Å². The summed E-state index contributed by atoms with van der Waals surface area (Å²) in [5.74, 6) is 0.524. The Kier molecular flexibility index (Phi) is 7.41. The number of nitrogens with one attached hydrogen (secondary N) is 2. The molecule has 0 radical (unpaired) electrons. The largest absolute Gasteiger partial charge is 0.395 e. The number of hydrogen-bond acceptors (Lipinski definition) is 7. The van der Waals surface area contributed by atoms with Crippen LogP contribution in [0, 0.1) is 5.41 Å². The van der Waals surface area contributed by atoms with Crippen molar-refractivity contribution in [1.82, 2.24) is 0 Å². The Balaban J connectivity index is 1.34. The number of aliphatic hydroxyl groups is 1. The molecule has 0 bridgehead atoms. The van der Waals surface area contributed by atoms with E-state index in [1.54, 1.807) is 0 Å². The number of nitrogens with zero attached hydrogens (tertiary/aromatic N) is 2. The van der Waals surface area contributed by atoms with Crippen LogP contribution >= 0.6 is 11.9 Å². The first-order valence-corrected chi connectivity index (χ1v) is 13.7. The fourth-order valence-electron chi connectivity index (χ4n) is 5.16. The van der Waals surface area contributed by atoms with Gasteiger partial charge in [-0.1, -0.05) is 18.0 Å². The summed E-state index contributed by atoms with van der Waals surface area (Å²) in [6, 6.07) is 14.0. The van der Waals surface area contributed by atoms with Crippen molar-refractivity contribution in [2.45, 2.75) is 38.7 Å². The predicted octanol–water partition coefficient (Wildman–Crippen LogP) is 4.60. The van der Waals surface area contributed by atoms with Crippen molar-refractivity contribution in [2.75, 3.05) is 65.0 Å². The summed E-state index contributed by atoms with van der Waals surface area (Å²) in [6.45, 7) is 6.60. The third-order valence-corrected chi connectivity index (χ3v) is 8.22. The van der Waals surface area contributed by atoms with E-state index in [0.717, 1.165) is 55.5 Å². The van der Waals surface area contributed by atoms with Crippen LogP contribution in [0.15, 0.2) is 42.5 Å². The highest BCUT2D eigenvalue weighted by Crippen LogP contribution is 2.54. The van der Waals surface area contributed by atoms with Crippen LogP contribution in [-0.4, -0.2) is 62.3 Å². The first kappa shape index (κ1) is 24.3. The molecule has 0 aromatic heterocycles. The van der Waals surface area contributed by atoms with Gasteiger partial charge in [0.2, 0.25) is 0 Å². The monoisotopic (exact) mass is 496 g/mol. The standard InChI is InChI=1S/C27H36N4O3S/c1-20-19-31(13-15-34-20)23-4-2-3-21(17-23)28-26(33)24-6-5-22(29-35-16-14-32)18-25(24)30-11-9-27(7-8-27)10-12-30/h2-6,17-18,20,29,32H,7-16,19H2,1H3,(H,28,33)/t20-/m1/s1. The molecule has 188 valence electrons. The molecule has 1 amide bonds. The van der Waals surface area contributed by atoms with Crippen LogP contribution in [0.4, 0.5) is 22.7 Å². The van der Waals surface area contributed by atoms with Gasteiger partial charge in [-0.05, 0) is 74.4 Å². The zero-order chi connectivity index (χ0) is 24.3. The van der Waals surface area contributed by atoms with Gasteiger partial charge in [-0.2, -0.15) is 0 Å². The third-order valence-electron chi connectivity index (χ3n) is 7.46. The van der Waals surface area contributed by atoms with E-state index in [1.165, 1.54) is 37.6 Å². The normalized spacial score (nSPS) is 21.1. The van der Waals surface area contributed by atoms with Crippen molar-refractivity contribution in [2.24, 2.45) is 5.41 Å². The molecule has 2 aromatic carbocycles. The molecule has 7 nitrogen and oxygen atoms in total. The van der Waals surface area contributed by atoms with Crippen molar-refractivity contribution in [3.05, 3.63) is 48.0 Å². The number of ether oxygens (including phenoxy) is 1. The summed E-state index contributed by atoms with van der Waals surface area (Å²) in [5.41, 5.74) is 5.09. The van der Waals surface area contributed by atoms with Crippen LogP contribution in [0.2, 0.25) is 0 Å². The van der Waals surface area contributed by atoms with Gasteiger partial charge in [0.1, 0.15) is 0 Å². The lowest BCUT2D eigenvalue weighted by atomic mass is 9.93. The Labute approximate surface area is 212 Å². The zero-order valence-corrected chi connectivity index (χ0v) is 21.3. The van der Waals surface area contributed by atoms with E-state index in [2.05, 4.69) is 45.0 Å². The Morgan fingerprint density at radius 3 is 2.66 bits per heavy atom. The summed E-state index contributed by atoms with van der Waals surface area (Å²) >= 11 is 1.47. The third kappa shape index (κ3) is 5.88. The Hall–Kier alpha value is -2.42. The lowest BCUT2D eigenvalue weighted by Crippen LogP contribution is -2.41. The molecule has 1 aliphatic carbocycles. The summed E-state index contributed by atoms with van der Waals surface area (Å²) in [5, 5.41) is 12.2. The number of rotatable bonds is 8. The van der Waals surface area contributed by atoms with Gasteiger partial charge in [-0.25, -0.2) is 0 Å². The van der Waals surface area contributed by atoms with Gasteiger partial charge in [-0.15, -0.1) is 0 Å². The minimum Gasteiger partial charge on any atom is -0.395 e. The number of hydrogen-bond donors (Lipinski definition) is 3. The Morgan fingerprint density at radius 2 is 1.91 bits per heavy atom. The Bertz CT molecular complexity index is 1030. The predicted molar refractivity (Wildman–Crippen MR) is 145 cm³/mol. The highest BCUT2D eigenvalue weighted by atomic mass is 32.2. The van der Waals surface area contributed by atoms with Gasteiger partial charge in [0.25, 0.3) is 5.91 Å². The number of carbonyl (C=O) groups excluding carboxylic acids is 1. The molecular formula is C27H36N4O3S. The molecule has 1 saturated carbocycles. The topological polar surface area (TPSA) is 77.1 Å². The second-order valence-electron chi connectivity index (χ2n) is 10.0. The first-order chi connectivity index (χ1) is 17.0. The van der Waals surface area contributed by atoms with Gasteiger partial charge in [-0.3, -0.25) is 4.79 Å². The van der Waals surface area contributed by atoms with E-state index in [1.807, 2.05) is 24.3 Å².